The smallest absolute Gasteiger partial charge is 0.292 e. The lowest BCUT2D eigenvalue weighted by Crippen LogP contribution is -2.47. The molecule has 0 spiro atoms. The van der Waals surface area contributed by atoms with Crippen LogP contribution in [0.4, 0.5) is 11.4 Å². The quantitative estimate of drug-likeness (QED) is 0.628. The molecule has 0 amide bonds. The van der Waals surface area contributed by atoms with E-state index in [1.165, 1.54) is 0 Å². The Labute approximate surface area is 140 Å². The summed E-state index contributed by atoms with van der Waals surface area (Å²) >= 11 is 0. The fraction of sp³-hybridized carbons (Fsp3) is 0.500. The van der Waals surface area contributed by atoms with Crippen LogP contribution < -0.4 is 4.90 Å². The molecule has 8 nitrogen and oxygen atoms in total. The fourth-order valence-corrected chi connectivity index (χ4v) is 3.17. The first-order valence-electron chi connectivity index (χ1n) is 8.00. The van der Waals surface area contributed by atoms with Gasteiger partial charge in [-0.25, -0.2) is 0 Å². The van der Waals surface area contributed by atoms with Crippen LogP contribution in [0.5, 0.6) is 0 Å². The number of piperazine rings is 1. The maximum absolute atomic E-state index is 11.3. The summed E-state index contributed by atoms with van der Waals surface area (Å²) in [6, 6.07) is 5.25. The molecule has 8 heteroatoms. The second kappa shape index (κ2) is 6.56. The van der Waals surface area contributed by atoms with Gasteiger partial charge >= 0.3 is 0 Å². The zero-order valence-electron chi connectivity index (χ0n) is 14.1. The van der Waals surface area contributed by atoms with Crippen molar-refractivity contribution in [2.24, 2.45) is 0 Å². The highest BCUT2D eigenvalue weighted by Gasteiger charge is 2.29. The second-order valence-electron chi connectivity index (χ2n) is 6.08. The van der Waals surface area contributed by atoms with Crippen molar-refractivity contribution in [2.75, 3.05) is 31.1 Å². The highest BCUT2D eigenvalue weighted by molar-refractivity contribution is 5.67. The lowest BCUT2D eigenvalue weighted by molar-refractivity contribution is -0.384. The minimum atomic E-state index is -0.307. The molecule has 0 saturated carbocycles. The molecule has 3 rings (SSSR count). The first-order chi connectivity index (χ1) is 11.5. The third-order valence-electron chi connectivity index (χ3n) is 4.49. The van der Waals surface area contributed by atoms with Crippen molar-refractivity contribution in [2.45, 2.75) is 26.8 Å². The molecular formula is C16H21N5O3. The summed E-state index contributed by atoms with van der Waals surface area (Å²) in [4.78, 5) is 19.7. The van der Waals surface area contributed by atoms with Gasteiger partial charge in [0.15, 0.2) is 5.82 Å². The minimum Gasteiger partial charge on any atom is -0.363 e. The van der Waals surface area contributed by atoms with E-state index >= 15 is 0 Å². The van der Waals surface area contributed by atoms with Crippen molar-refractivity contribution < 1.29 is 9.45 Å². The van der Waals surface area contributed by atoms with E-state index in [0.29, 0.717) is 11.7 Å². The molecule has 1 aliphatic heterocycles. The summed E-state index contributed by atoms with van der Waals surface area (Å²) in [5, 5.41) is 15.2. The molecule has 0 radical (unpaired) electrons. The molecule has 0 aliphatic carbocycles. The number of rotatable bonds is 4. The van der Waals surface area contributed by atoms with Crippen molar-refractivity contribution in [3.63, 3.8) is 0 Å². The van der Waals surface area contributed by atoms with Crippen LogP contribution in [0.15, 0.2) is 22.7 Å². The molecule has 1 atom stereocenters. The zero-order valence-corrected chi connectivity index (χ0v) is 14.1. The number of nitro benzene ring substituents is 1. The summed E-state index contributed by atoms with van der Waals surface area (Å²) < 4.78 is 5.25. The first-order valence-corrected chi connectivity index (χ1v) is 8.00. The Kier molecular flexibility index (Phi) is 4.48. The molecule has 2 heterocycles. The Balaban J connectivity index is 1.73. The summed E-state index contributed by atoms with van der Waals surface area (Å²) in [6.45, 7) is 8.78. The topological polar surface area (TPSA) is 88.5 Å². The number of aromatic nitrogens is 2. The summed E-state index contributed by atoms with van der Waals surface area (Å²) in [7, 11) is 0. The van der Waals surface area contributed by atoms with E-state index in [-0.39, 0.29) is 16.7 Å². The van der Waals surface area contributed by atoms with Crippen molar-refractivity contribution >= 4 is 11.4 Å². The van der Waals surface area contributed by atoms with Gasteiger partial charge in [-0.1, -0.05) is 17.3 Å². The first kappa shape index (κ1) is 16.4. The minimum absolute atomic E-state index is 0.0419. The largest absolute Gasteiger partial charge is 0.363 e. The van der Waals surface area contributed by atoms with Gasteiger partial charge in [0.1, 0.15) is 5.69 Å². The highest BCUT2D eigenvalue weighted by Crippen LogP contribution is 2.33. The monoisotopic (exact) mass is 331 g/mol. The number of nitro groups is 1. The van der Waals surface area contributed by atoms with Gasteiger partial charge in [-0.05, 0) is 26.3 Å². The van der Waals surface area contributed by atoms with Crippen molar-refractivity contribution in [3.8, 4) is 0 Å². The molecule has 1 aromatic carbocycles. The molecule has 0 N–H and O–H groups in total. The van der Waals surface area contributed by atoms with E-state index in [4.69, 9.17) is 4.52 Å². The Morgan fingerprint density at radius 2 is 1.96 bits per heavy atom. The third kappa shape index (κ3) is 3.09. The number of para-hydroxylation sites is 1. The van der Waals surface area contributed by atoms with E-state index in [2.05, 4.69) is 19.9 Å². The fourth-order valence-electron chi connectivity index (χ4n) is 3.17. The number of aryl methyl sites for hydroxylation is 2. The van der Waals surface area contributed by atoms with Gasteiger partial charge in [0.25, 0.3) is 5.69 Å². The molecule has 128 valence electrons. The van der Waals surface area contributed by atoms with Crippen LogP contribution in [0, 0.1) is 24.0 Å². The van der Waals surface area contributed by atoms with Crippen LogP contribution >= 0.6 is 0 Å². The van der Waals surface area contributed by atoms with Gasteiger partial charge in [-0.3, -0.25) is 15.0 Å². The number of nitrogens with zero attached hydrogens (tertiary/aromatic N) is 5. The zero-order chi connectivity index (χ0) is 17.3. The van der Waals surface area contributed by atoms with Crippen molar-refractivity contribution in [1.29, 1.82) is 0 Å². The molecule has 2 aromatic rings. The molecular weight excluding hydrogens is 310 g/mol. The predicted molar refractivity (Wildman–Crippen MR) is 89.1 cm³/mol. The lowest BCUT2D eigenvalue weighted by atomic mass is 10.1. The SMILES string of the molecule is Cc1noc(C(C)N2CCN(c3c(C)cccc3[N+](=O)[O-])CC2)n1. The third-order valence-corrected chi connectivity index (χ3v) is 4.49. The molecule has 1 aromatic heterocycles. The molecule has 1 aliphatic rings. The standard InChI is InChI=1S/C16H21N5O3/c1-11-5-4-6-14(21(22)23)15(11)20-9-7-19(8-10-20)12(2)16-17-13(3)18-24-16/h4-6,12H,7-10H2,1-3H3. The van der Waals surface area contributed by atoms with Crippen LogP contribution in [0.25, 0.3) is 0 Å². The van der Waals surface area contributed by atoms with Gasteiger partial charge < -0.3 is 9.42 Å². The van der Waals surface area contributed by atoms with E-state index in [1.54, 1.807) is 19.1 Å². The van der Waals surface area contributed by atoms with Crippen molar-refractivity contribution in [1.82, 2.24) is 15.0 Å². The average molecular weight is 331 g/mol. The van der Waals surface area contributed by atoms with Crippen LogP contribution in [-0.2, 0) is 0 Å². The van der Waals surface area contributed by atoms with Gasteiger partial charge in [0, 0.05) is 32.2 Å². The van der Waals surface area contributed by atoms with Gasteiger partial charge in [-0.2, -0.15) is 4.98 Å². The lowest BCUT2D eigenvalue weighted by Gasteiger charge is -2.38. The van der Waals surface area contributed by atoms with Crippen LogP contribution in [0.3, 0.4) is 0 Å². The Morgan fingerprint density at radius 3 is 2.54 bits per heavy atom. The summed E-state index contributed by atoms with van der Waals surface area (Å²) in [6.07, 6.45) is 0. The van der Waals surface area contributed by atoms with Crippen molar-refractivity contribution in [3.05, 3.63) is 45.6 Å². The number of hydrogen-bond acceptors (Lipinski definition) is 7. The van der Waals surface area contributed by atoms with Gasteiger partial charge in [0.2, 0.25) is 5.89 Å². The Morgan fingerprint density at radius 1 is 1.25 bits per heavy atom. The number of anilines is 1. The molecule has 1 saturated heterocycles. The Bertz CT molecular complexity index is 737. The van der Waals surface area contributed by atoms with E-state index < -0.39 is 0 Å². The normalized spacial score (nSPS) is 17.0. The number of benzene rings is 1. The maximum Gasteiger partial charge on any atom is 0.292 e. The van der Waals surface area contributed by atoms with E-state index in [9.17, 15) is 10.1 Å². The molecule has 24 heavy (non-hydrogen) atoms. The highest BCUT2D eigenvalue weighted by atomic mass is 16.6. The molecule has 0 bridgehead atoms. The predicted octanol–water partition coefficient (Wildman–Crippen LogP) is 2.48. The second-order valence-corrected chi connectivity index (χ2v) is 6.08. The van der Waals surface area contributed by atoms with Crippen LogP contribution in [-0.4, -0.2) is 46.1 Å². The van der Waals surface area contributed by atoms with E-state index in [1.807, 2.05) is 19.9 Å². The molecule has 1 fully saturated rings. The summed E-state index contributed by atoms with van der Waals surface area (Å²) in [5.74, 6) is 1.24. The van der Waals surface area contributed by atoms with Gasteiger partial charge in [-0.15, -0.1) is 0 Å². The Hall–Kier alpha value is -2.48. The summed E-state index contributed by atoms with van der Waals surface area (Å²) in [5.41, 5.74) is 1.82. The number of hydrogen-bond donors (Lipinski definition) is 0. The van der Waals surface area contributed by atoms with Crippen LogP contribution in [0.1, 0.15) is 30.2 Å². The van der Waals surface area contributed by atoms with Gasteiger partial charge in [0.05, 0.1) is 11.0 Å². The van der Waals surface area contributed by atoms with E-state index in [0.717, 1.165) is 37.4 Å². The average Bonchev–Trinajstić information content (AvgIpc) is 3.00. The maximum atomic E-state index is 11.3. The van der Waals surface area contributed by atoms with Crippen LogP contribution in [0.2, 0.25) is 0 Å². The molecule has 1 unspecified atom stereocenters.